The number of hydrazine groups is 1. The predicted molar refractivity (Wildman–Crippen MR) is 82.5 cm³/mol. The molecule has 0 radical (unpaired) electrons. The number of carbonyl (C=O) groups excluding carboxylic acids is 1. The maximum atomic E-state index is 12.2. The van der Waals surface area contributed by atoms with Gasteiger partial charge in [-0.15, -0.1) is 0 Å². The van der Waals surface area contributed by atoms with Crippen LogP contribution in [0.2, 0.25) is 0 Å². The van der Waals surface area contributed by atoms with Crippen molar-refractivity contribution in [2.24, 2.45) is 5.92 Å². The molecule has 114 valence electrons. The molecule has 3 atom stereocenters. The first-order chi connectivity index (χ1) is 10.3. The first-order valence-corrected chi connectivity index (χ1v) is 7.87. The summed E-state index contributed by atoms with van der Waals surface area (Å²) < 4.78 is 0. The number of benzene rings is 1. The van der Waals surface area contributed by atoms with Gasteiger partial charge in [0.2, 0.25) is 5.91 Å². The Labute approximate surface area is 125 Å². The third-order valence-corrected chi connectivity index (χ3v) is 4.44. The average molecular weight is 288 g/mol. The van der Waals surface area contributed by atoms with E-state index in [4.69, 9.17) is 0 Å². The minimum absolute atomic E-state index is 0.104. The normalized spacial score (nSPS) is 28.7. The van der Waals surface area contributed by atoms with Gasteiger partial charge in [-0.3, -0.25) is 4.79 Å². The lowest BCUT2D eigenvalue weighted by Crippen LogP contribution is -2.43. The van der Waals surface area contributed by atoms with Gasteiger partial charge in [-0.05, 0) is 43.8 Å². The maximum Gasteiger partial charge on any atom is 0.238 e. The fraction of sp³-hybridized carbons (Fsp3) is 0.562. The Balaban J connectivity index is 1.41. The summed E-state index contributed by atoms with van der Waals surface area (Å²) in [4.78, 5) is 12.2. The largest absolute Gasteiger partial charge is 0.355 e. The van der Waals surface area contributed by atoms with Crippen LogP contribution in [-0.2, 0) is 4.79 Å². The second kappa shape index (κ2) is 7.02. The lowest BCUT2D eigenvalue weighted by Gasteiger charge is -2.12. The first-order valence-electron chi connectivity index (χ1n) is 7.87. The highest BCUT2D eigenvalue weighted by Gasteiger charge is 2.29. The molecule has 2 heterocycles. The molecule has 0 aliphatic carbocycles. The van der Waals surface area contributed by atoms with Crippen LogP contribution in [0.15, 0.2) is 30.3 Å². The van der Waals surface area contributed by atoms with Crippen molar-refractivity contribution in [2.45, 2.75) is 31.3 Å². The van der Waals surface area contributed by atoms with Gasteiger partial charge < -0.3 is 10.6 Å². The number of carbonyl (C=O) groups is 1. The quantitative estimate of drug-likeness (QED) is 0.644. The molecule has 1 aromatic rings. The third-order valence-electron chi connectivity index (χ3n) is 4.44. The average Bonchev–Trinajstić information content (AvgIpc) is 3.20. The third kappa shape index (κ3) is 3.81. The maximum absolute atomic E-state index is 12.2. The molecule has 0 aromatic heterocycles. The zero-order valence-electron chi connectivity index (χ0n) is 12.3. The molecule has 2 saturated heterocycles. The molecule has 2 aliphatic rings. The SMILES string of the molecule is O=C(NCCC1CCNC1)C1CC(c2ccccc2)NN1. The van der Waals surface area contributed by atoms with Crippen molar-refractivity contribution in [3.63, 3.8) is 0 Å². The molecule has 0 bridgehead atoms. The topological polar surface area (TPSA) is 65.2 Å². The minimum atomic E-state index is -0.142. The second-order valence-electron chi connectivity index (χ2n) is 5.98. The van der Waals surface area contributed by atoms with Crippen molar-refractivity contribution in [1.29, 1.82) is 0 Å². The highest BCUT2D eigenvalue weighted by molar-refractivity contribution is 5.82. The van der Waals surface area contributed by atoms with Gasteiger partial charge in [0.05, 0.1) is 0 Å². The Hall–Kier alpha value is -1.43. The van der Waals surface area contributed by atoms with E-state index in [-0.39, 0.29) is 18.0 Å². The molecule has 1 amide bonds. The Morgan fingerprint density at radius 3 is 2.86 bits per heavy atom. The summed E-state index contributed by atoms with van der Waals surface area (Å²) in [7, 11) is 0. The van der Waals surface area contributed by atoms with Crippen LogP contribution in [0.5, 0.6) is 0 Å². The molecule has 2 aliphatic heterocycles. The van der Waals surface area contributed by atoms with Gasteiger partial charge in [0.1, 0.15) is 6.04 Å². The molecule has 21 heavy (non-hydrogen) atoms. The van der Waals surface area contributed by atoms with E-state index in [1.165, 1.54) is 12.0 Å². The second-order valence-corrected chi connectivity index (χ2v) is 5.98. The van der Waals surface area contributed by atoms with Gasteiger partial charge >= 0.3 is 0 Å². The predicted octanol–water partition coefficient (Wildman–Crippen LogP) is 0.710. The van der Waals surface area contributed by atoms with Crippen LogP contribution in [0.3, 0.4) is 0 Å². The van der Waals surface area contributed by atoms with Crippen LogP contribution >= 0.6 is 0 Å². The first kappa shape index (κ1) is 14.5. The summed E-state index contributed by atoms with van der Waals surface area (Å²) in [5, 5.41) is 6.41. The fourth-order valence-electron chi connectivity index (χ4n) is 3.12. The molecule has 2 fully saturated rings. The van der Waals surface area contributed by atoms with Gasteiger partial charge in [-0.1, -0.05) is 30.3 Å². The van der Waals surface area contributed by atoms with Crippen molar-refractivity contribution < 1.29 is 4.79 Å². The lowest BCUT2D eigenvalue weighted by molar-refractivity contribution is -0.122. The van der Waals surface area contributed by atoms with Crippen molar-refractivity contribution in [2.75, 3.05) is 19.6 Å². The zero-order chi connectivity index (χ0) is 14.5. The molecule has 0 spiro atoms. The monoisotopic (exact) mass is 288 g/mol. The fourth-order valence-corrected chi connectivity index (χ4v) is 3.12. The summed E-state index contributed by atoms with van der Waals surface area (Å²) in [6.45, 7) is 2.99. The van der Waals surface area contributed by atoms with E-state index in [2.05, 4.69) is 33.6 Å². The number of nitrogens with one attached hydrogen (secondary N) is 4. The highest BCUT2D eigenvalue weighted by atomic mass is 16.2. The van der Waals surface area contributed by atoms with E-state index in [9.17, 15) is 4.79 Å². The lowest BCUT2D eigenvalue weighted by atomic mass is 10.0. The van der Waals surface area contributed by atoms with E-state index in [0.29, 0.717) is 0 Å². The van der Waals surface area contributed by atoms with E-state index < -0.39 is 0 Å². The van der Waals surface area contributed by atoms with Gasteiger partial charge in [0, 0.05) is 12.6 Å². The number of hydrogen-bond acceptors (Lipinski definition) is 4. The zero-order valence-corrected chi connectivity index (χ0v) is 12.3. The Morgan fingerprint density at radius 2 is 2.10 bits per heavy atom. The molecule has 0 saturated carbocycles. The van der Waals surface area contributed by atoms with Gasteiger partial charge in [-0.25, -0.2) is 10.9 Å². The van der Waals surface area contributed by atoms with Crippen LogP contribution < -0.4 is 21.5 Å². The van der Waals surface area contributed by atoms with Crippen molar-refractivity contribution in [1.82, 2.24) is 21.5 Å². The Bertz CT molecular complexity index is 459. The summed E-state index contributed by atoms with van der Waals surface area (Å²) in [5.74, 6) is 0.823. The summed E-state index contributed by atoms with van der Waals surface area (Å²) in [5.41, 5.74) is 7.54. The van der Waals surface area contributed by atoms with Crippen molar-refractivity contribution >= 4 is 5.91 Å². The van der Waals surface area contributed by atoms with Gasteiger partial charge in [0.25, 0.3) is 0 Å². The van der Waals surface area contributed by atoms with Gasteiger partial charge in [-0.2, -0.15) is 0 Å². The molecule has 3 rings (SSSR count). The van der Waals surface area contributed by atoms with Crippen LogP contribution in [0.4, 0.5) is 0 Å². The van der Waals surface area contributed by atoms with E-state index in [0.717, 1.165) is 38.4 Å². The summed E-state index contributed by atoms with van der Waals surface area (Å²) >= 11 is 0. The molecular weight excluding hydrogens is 264 g/mol. The van der Waals surface area contributed by atoms with Crippen molar-refractivity contribution in [3.05, 3.63) is 35.9 Å². The van der Waals surface area contributed by atoms with E-state index in [1.54, 1.807) is 0 Å². The molecule has 5 heteroatoms. The Kier molecular flexibility index (Phi) is 4.85. The van der Waals surface area contributed by atoms with Crippen LogP contribution in [0.1, 0.15) is 30.9 Å². The molecule has 1 aromatic carbocycles. The minimum Gasteiger partial charge on any atom is -0.355 e. The van der Waals surface area contributed by atoms with Crippen molar-refractivity contribution in [3.8, 4) is 0 Å². The summed E-state index contributed by atoms with van der Waals surface area (Å²) in [6.07, 6.45) is 3.09. The van der Waals surface area contributed by atoms with Crippen LogP contribution in [0, 0.1) is 5.92 Å². The van der Waals surface area contributed by atoms with E-state index >= 15 is 0 Å². The standard InChI is InChI=1S/C16H24N4O/c21-16(18-9-7-12-6-8-17-11-12)15-10-14(19-20-15)13-4-2-1-3-5-13/h1-5,12,14-15,17,19-20H,6-11H2,(H,18,21). The smallest absolute Gasteiger partial charge is 0.238 e. The Morgan fingerprint density at radius 1 is 1.24 bits per heavy atom. The van der Waals surface area contributed by atoms with Crippen LogP contribution in [0.25, 0.3) is 0 Å². The molecule has 5 nitrogen and oxygen atoms in total. The van der Waals surface area contributed by atoms with E-state index in [1.807, 2.05) is 18.2 Å². The number of hydrogen-bond donors (Lipinski definition) is 4. The molecule has 3 unspecified atom stereocenters. The van der Waals surface area contributed by atoms with Crippen LogP contribution in [-0.4, -0.2) is 31.6 Å². The summed E-state index contributed by atoms with van der Waals surface area (Å²) in [6, 6.07) is 10.3. The molecule has 4 N–H and O–H groups in total. The number of rotatable bonds is 5. The van der Waals surface area contributed by atoms with Gasteiger partial charge in [0.15, 0.2) is 0 Å². The number of amides is 1. The highest BCUT2D eigenvalue weighted by Crippen LogP contribution is 2.21. The molecular formula is C16H24N4O.